The smallest absolute Gasteiger partial charge is 0.254 e. The highest BCUT2D eigenvalue weighted by atomic mass is 16.5. The van der Waals surface area contributed by atoms with Crippen molar-refractivity contribution in [1.29, 1.82) is 0 Å². The number of carbonyl (C=O) groups excluding carboxylic acids is 2. The zero-order valence-electron chi connectivity index (χ0n) is 20.2. The van der Waals surface area contributed by atoms with Crippen LogP contribution in [0.2, 0.25) is 0 Å². The van der Waals surface area contributed by atoms with Gasteiger partial charge in [-0.25, -0.2) is 0 Å². The molecule has 0 N–H and O–H groups in total. The van der Waals surface area contributed by atoms with Gasteiger partial charge >= 0.3 is 0 Å². The molecule has 180 valence electrons. The van der Waals surface area contributed by atoms with Crippen molar-refractivity contribution >= 4 is 11.8 Å². The van der Waals surface area contributed by atoms with E-state index in [2.05, 4.69) is 11.0 Å². The van der Waals surface area contributed by atoms with Gasteiger partial charge in [0.05, 0.1) is 12.6 Å². The van der Waals surface area contributed by atoms with E-state index in [1.54, 1.807) is 7.11 Å². The van der Waals surface area contributed by atoms with Crippen molar-refractivity contribution in [3.05, 3.63) is 59.2 Å². The molecule has 0 unspecified atom stereocenters. The van der Waals surface area contributed by atoms with Crippen molar-refractivity contribution in [1.82, 2.24) is 14.7 Å². The van der Waals surface area contributed by atoms with Gasteiger partial charge in [-0.2, -0.15) is 0 Å². The van der Waals surface area contributed by atoms with Crippen LogP contribution >= 0.6 is 0 Å². The number of hydrogen-bond donors (Lipinski definition) is 0. The van der Waals surface area contributed by atoms with Gasteiger partial charge in [0.25, 0.3) is 11.8 Å². The number of amides is 2. The first-order chi connectivity index (χ1) is 16.6. The predicted molar refractivity (Wildman–Crippen MR) is 133 cm³/mol. The molecule has 0 spiro atoms. The minimum Gasteiger partial charge on any atom is -0.383 e. The van der Waals surface area contributed by atoms with Gasteiger partial charge < -0.3 is 19.4 Å². The van der Waals surface area contributed by atoms with E-state index in [0.717, 1.165) is 80.8 Å². The summed E-state index contributed by atoms with van der Waals surface area (Å²) < 4.78 is 5.29. The van der Waals surface area contributed by atoms with E-state index in [4.69, 9.17) is 4.74 Å². The van der Waals surface area contributed by atoms with Gasteiger partial charge in [-0.15, -0.1) is 0 Å². The van der Waals surface area contributed by atoms with Crippen LogP contribution in [0.4, 0.5) is 0 Å². The Labute approximate surface area is 202 Å². The molecule has 2 fully saturated rings. The Morgan fingerprint density at radius 1 is 0.941 bits per heavy atom. The van der Waals surface area contributed by atoms with Gasteiger partial charge in [0.1, 0.15) is 0 Å². The summed E-state index contributed by atoms with van der Waals surface area (Å²) in [5.74, 6) is 0.236. The van der Waals surface area contributed by atoms with Gasteiger partial charge in [0.2, 0.25) is 0 Å². The molecule has 6 nitrogen and oxygen atoms in total. The maximum atomic E-state index is 13.0. The van der Waals surface area contributed by atoms with Crippen LogP contribution in [-0.2, 0) is 11.2 Å². The first kappa shape index (κ1) is 23.1. The summed E-state index contributed by atoms with van der Waals surface area (Å²) in [5, 5.41) is 0. The van der Waals surface area contributed by atoms with Crippen molar-refractivity contribution in [2.45, 2.75) is 38.1 Å². The number of benzene rings is 2. The lowest BCUT2D eigenvalue weighted by Crippen LogP contribution is -2.42. The van der Waals surface area contributed by atoms with Gasteiger partial charge in [0.15, 0.2) is 0 Å². The van der Waals surface area contributed by atoms with Crippen LogP contribution in [0.5, 0.6) is 0 Å². The van der Waals surface area contributed by atoms with Crippen molar-refractivity contribution in [3.63, 3.8) is 0 Å². The molecule has 0 aromatic heterocycles. The highest BCUT2D eigenvalue weighted by Crippen LogP contribution is 2.28. The zero-order chi connectivity index (χ0) is 23.5. The van der Waals surface area contributed by atoms with Crippen LogP contribution in [0.3, 0.4) is 0 Å². The normalized spacial score (nSPS) is 20.7. The summed E-state index contributed by atoms with van der Waals surface area (Å²) in [7, 11) is 1.69. The Balaban J connectivity index is 1.25. The van der Waals surface area contributed by atoms with Gasteiger partial charge in [-0.1, -0.05) is 24.3 Å². The number of rotatable bonds is 7. The minimum atomic E-state index is 0.0798. The van der Waals surface area contributed by atoms with E-state index in [1.165, 1.54) is 12.8 Å². The van der Waals surface area contributed by atoms with E-state index in [0.29, 0.717) is 12.2 Å². The summed E-state index contributed by atoms with van der Waals surface area (Å²) in [6, 6.07) is 14.2. The summed E-state index contributed by atoms with van der Waals surface area (Å²) in [6.45, 7) is 6.30. The minimum absolute atomic E-state index is 0.0798. The number of methoxy groups -OCH3 is 1. The Hall–Kier alpha value is -2.70. The second-order valence-electron chi connectivity index (χ2n) is 9.79. The third-order valence-electron chi connectivity index (χ3n) is 7.62. The summed E-state index contributed by atoms with van der Waals surface area (Å²) in [5.41, 5.74) is 4.84. The highest BCUT2D eigenvalue weighted by Gasteiger charge is 2.29. The second kappa shape index (κ2) is 10.3. The Morgan fingerprint density at radius 3 is 2.47 bits per heavy atom. The summed E-state index contributed by atoms with van der Waals surface area (Å²) >= 11 is 0. The number of carbonyl (C=O) groups is 2. The zero-order valence-corrected chi connectivity index (χ0v) is 20.2. The number of likely N-dealkylation sites (tertiary alicyclic amines) is 2. The molecule has 34 heavy (non-hydrogen) atoms. The maximum absolute atomic E-state index is 13.0. The molecule has 3 heterocycles. The Morgan fingerprint density at radius 2 is 1.71 bits per heavy atom. The third-order valence-corrected chi connectivity index (χ3v) is 7.62. The lowest BCUT2D eigenvalue weighted by atomic mass is 9.93. The molecule has 3 aliphatic rings. The molecule has 1 atom stereocenters. The number of hydrogen-bond acceptors (Lipinski definition) is 4. The molecular formula is C28H35N3O3. The van der Waals surface area contributed by atoms with Crippen molar-refractivity contribution in [2.75, 3.05) is 53.0 Å². The molecule has 6 heteroatoms. The number of fused-ring (bicyclic) bond motifs is 1. The molecule has 2 aromatic rings. The number of nitrogens with zero attached hydrogens (tertiary/aromatic N) is 3. The lowest BCUT2D eigenvalue weighted by Gasteiger charge is -2.30. The number of ether oxygens (including phenoxy) is 1. The quantitative estimate of drug-likeness (QED) is 0.631. The first-order valence-corrected chi connectivity index (χ1v) is 12.7. The fraction of sp³-hybridized carbons (Fsp3) is 0.500. The fourth-order valence-corrected chi connectivity index (χ4v) is 5.64. The van der Waals surface area contributed by atoms with E-state index < -0.39 is 0 Å². The molecule has 2 amide bonds. The maximum Gasteiger partial charge on any atom is 0.254 e. The van der Waals surface area contributed by atoms with E-state index in [9.17, 15) is 9.59 Å². The molecule has 2 aromatic carbocycles. The molecule has 0 radical (unpaired) electrons. The van der Waals surface area contributed by atoms with Gasteiger partial charge in [0, 0.05) is 44.4 Å². The Bertz CT molecular complexity index is 1030. The SMILES string of the molecule is COC[C@@H]1CCCN1C(=O)c1ccc(-c2ccc3c(c2)CCN(CCN2CCCC2)C3=O)cc1. The van der Waals surface area contributed by atoms with Crippen LogP contribution in [0, 0.1) is 0 Å². The largest absolute Gasteiger partial charge is 0.383 e. The van der Waals surface area contributed by atoms with Crippen LogP contribution < -0.4 is 0 Å². The van der Waals surface area contributed by atoms with Crippen LogP contribution in [-0.4, -0.2) is 85.5 Å². The predicted octanol–water partition coefficient (Wildman–Crippen LogP) is 3.70. The van der Waals surface area contributed by atoms with E-state index in [-0.39, 0.29) is 17.9 Å². The van der Waals surface area contributed by atoms with Crippen molar-refractivity contribution < 1.29 is 14.3 Å². The molecule has 3 aliphatic heterocycles. The summed E-state index contributed by atoms with van der Waals surface area (Å²) in [4.78, 5) is 32.5. The van der Waals surface area contributed by atoms with Crippen LogP contribution in [0.1, 0.15) is 52.0 Å². The molecule has 0 bridgehead atoms. The third kappa shape index (κ3) is 4.75. The average molecular weight is 462 g/mol. The second-order valence-corrected chi connectivity index (χ2v) is 9.79. The van der Waals surface area contributed by atoms with E-state index >= 15 is 0 Å². The first-order valence-electron chi connectivity index (χ1n) is 12.7. The van der Waals surface area contributed by atoms with Gasteiger partial charge in [-0.3, -0.25) is 9.59 Å². The fourth-order valence-electron chi connectivity index (χ4n) is 5.64. The highest BCUT2D eigenvalue weighted by molar-refractivity contribution is 5.98. The van der Waals surface area contributed by atoms with Gasteiger partial charge in [-0.05, 0) is 80.1 Å². The average Bonchev–Trinajstić information content (AvgIpc) is 3.56. The topological polar surface area (TPSA) is 53.1 Å². The van der Waals surface area contributed by atoms with Crippen molar-refractivity contribution in [3.8, 4) is 11.1 Å². The lowest BCUT2D eigenvalue weighted by molar-refractivity contribution is 0.0630. The molecule has 0 aliphatic carbocycles. The van der Waals surface area contributed by atoms with Crippen LogP contribution in [0.25, 0.3) is 11.1 Å². The summed E-state index contributed by atoms with van der Waals surface area (Å²) in [6.07, 6.45) is 5.48. The molecular weight excluding hydrogens is 426 g/mol. The monoisotopic (exact) mass is 461 g/mol. The molecule has 5 rings (SSSR count). The standard InChI is InChI=1S/C28H35N3O3/c1-34-20-25-5-4-15-31(25)27(32)22-8-6-21(7-9-22)23-10-11-26-24(19-23)12-16-30(28(26)33)18-17-29-13-2-3-14-29/h6-11,19,25H,2-5,12-18,20H2,1H3/t25-/m0/s1. The van der Waals surface area contributed by atoms with E-state index in [1.807, 2.05) is 46.2 Å². The van der Waals surface area contributed by atoms with Crippen LogP contribution in [0.15, 0.2) is 42.5 Å². The molecule has 2 saturated heterocycles. The Kier molecular flexibility index (Phi) is 6.97. The molecule has 0 saturated carbocycles. The van der Waals surface area contributed by atoms with Crippen molar-refractivity contribution in [2.24, 2.45) is 0 Å².